The third kappa shape index (κ3) is 3.99. The van der Waals surface area contributed by atoms with Crippen LogP contribution in [0.4, 0.5) is 0 Å². The Bertz CT molecular complexity index is 738. The van der Waals surface area contributed by atoms with Crippen molar-refractivity contribution in [1.82, 2.24) is 19.7 Å². The lowest BCUT2D eigenvalue weighted by Gasteiger charge is -2.11. The summed E-state index contributed by atoms with van der Waals surface area (Å²) in [6.45, 7) is 5.19. The molecule has 0 bridgehead atoms. The van der Waals surface area contributed by atoms with Gasteiger partial charge in [0.1, 0.15) is 0 Å². The van der Waals surface area contributed by atoms with E-state index < -0.39 is 0 Å². The van der Waals surface area contributed by atoms with E-state index in [1.807, 2.05) is 24.4 Å². The summed E-state index contributed by atoms with van der Waals surface area (Å²) in [5, 5.41) is 9.78. The maximum atomic E-state index is 4.41. The molecule has 0 unspecified atom stereocenters. The minimum Gasteiger partial charge on any atom is -0.298 e. The van der Waals surface area contributed by atoms with Crippen LogP contribution < -0.4 is 0 Å². The van der Waals surface area contributed by atoms with E-state index in [2.05, 4.69) is 57.9 Å². The molecule has 0 N–H and O–H groups in total. The van der Waals surface area contributed by atoms with Crippen LogP contribution in [0.1, 0.15) is 19.4 Å². The number of benzene rings is 1. The van der Waals surface area contributed by atoms with Crippen molar-refractivity contribution in [2.45, 2.75) is 25.5 Å². The molecule has 0 spiro atoms. The lowest BCUT2D eigenvalue weighted by molar-refractivity contribution is 0.705. The summed E-state index contributed by atoms with van der Waals surface area (Å²) in [6, 6.07) is 14.4. The summed E-state index contributed by atoms with van der Waals surface area (Å²) in [6.07, 6.45) is 3.61. The van der Waals surface area contributed by atoms with E-state index in [0.717, 1.165) is 28.8 Å². The summed E-state index contributed by atoms with van der Waals surface area (Å²) in [5.74, 6) is 2.51. The molecule has 0 aliphatic rings. The van der Waals surface area contributed by atoms with Crippen LogP contribution in [0.2, 0.25) is 0 Å². The molecule has 5 heteroatoms. The van der Waals surface area contributed by atoms with Crippen LogP contribution in [-0.4, -0.2) is 25.5 Å². The van der Waals surface area contributed by atoms with Gasteiger partial charge in [0.2, 0.25) is 0 Å². The molecule has 118 valence electrons. The smallest absolute Gasteiger partial charge is 0.191 e. The van der Waals surface area contributed by atoms with Gasteiger partial charge in [-0.3, -0.25) is 9.55 Å². The first-order valence-corrected chi connectivity index (χ1v) is 8.73. The highest BCUT2D eigenvalue weighted by Crippen LogP contribution is 2.25. The molecule has 0 aliphatic carbocycles. The average Bonchev–Trinajstić information content (AvgIpc) is 2.97. The van der Waals surface area contributed by atoms with Crippen molar-refractivity contribution in [2.24, 2.45) is 5.92 Å². The maximum absolute atomic E-state index is 4.41. The third-order valence-electron chi connectivity index (χ3n) is 3.37. The Balaban J connectivity index is 1.96. The van der Waals surface area contributed by atoms with E-state index >= 15 is 0 Å². The summed E-state index contributed by atoms with van der Waals surface area (Å²) < 4.78 is 2.18. The molecule has 0 amide bonds. The first-order chi connectivity index (χ1) is 11.2. The van der Waals surface area contributed by atoms with Gasteiger partial charge in [-0.2, -0.15) is 0 Å². The van der Waals surface area contributed by atoms with Crippen molar-refractivity contribution in [3.05, 3.63) is 60.4 Å². The van der Waals surface area contributed by atoms with Crippen molar-refractivity contribution in [1.29, 1.82) is 0 Å². The van der Waals surface area contributed by atoms with Gasteiger partial charge >= 0.3 is 0 Å². The van der Waals surface area contributed by atoms with E-state index in [4.69, 9.17) is 0 Å². The van der Waals surface area contributed by atoms with Crippen LogP contribution in [0.5, 0.6) is 0 Å². The molecule has 0 aliphatic heterocycles. The molecule has 4 nitrogen and oxygen atoms in total. The number of nitrogens with zero attached hydrogens (tertiary/aromatic N) is 4. The molecule has 2 heterocycles. The molecule has 3 rings (SSSR count). The number of pyridine rings is 1. The molecule has 0 fully saturated rings. The zero-order chi connectivity index (χ0) is 16.1. The monoisotopic (exact) mass is 324 g/mol. The van der Waals surface area contributed by atoms with Gasteiger partial charge in [-0.15, -0.1) is 10.2 Å². The fourth-order valence-corrected chi connectivity index (χ4v) is 3.14. The fraction of sp³-hybridized carbons (Fsp3) is 0.278. The number of rotatable bonds is 6. The Kier molecular flexibility index (Phi) is 5.08. The molecule has 1 aromatic carbocycles. The Morgan fingerprint density at radius 3 is 2.57 bits per heavy atom. The summed E-state index contributed by atoms with van der Waals surface area (Å²) >= 11 is 1.76. The minimum absolute atomic E-state index is 0.615. The molecule has 0 saturated carbocycles. The van der Waals surface area contributed by atoms with E-state index in [-0.39, 0.29) is 0 Å². The molecule has 0 radical (unpaired) electrons. The highest BCUT2D eigenvalue weighted by atomic mass is 32.2. The van der Waals surface area contributed by atoms with Crippen molar-refractivity contribution in [2.75, 3.05) is 5.75 Å². The van der Waals surface area contributed by atoms with E-state index in [9.17, 15) is 0 Å². The Labute approximate surface area is 141 Å². The predicted molar refractivity (Wildman–Crippen MR) is 94.4 cm³/mol. The summed E-state index contributed by atoms with van der Waals surface area (Å²) in [5.41, 5.74) is 2.23. The second kappa shape index (κ2) is 7.42. The maximum Gasteiger partial charge on any atom is 0.191 e. The van der Waals surface area contributed by atoms with Gasteiger partial charge in [-0.05, 0) is 23.6 Å². The lowest BCUT2D eigenvalue weighted by Crippen LogP contribution is -2.05. The standard InChI is InChI=1S/C18H20N4S/c1-14(2)13-23-18-21-20-17(16-9-6-10-19-11-16)22(18)12-15-7-4-3-5-8-15/h3-11,14H,12-13H2,1-2H3. The van der Waals surface area contributed by atoms with E-state index in [1.54, 1.807) is 18.0 Å². The van der Waals surface area contributed by atoms with Crippen molar-refractivity contribution in [3.63, 3.8) is 0 Å². The zero-order valence-electron chi connectivity index (χ0n) is 13.4. The van der Waals surface area contributed by atoms with Gasteiger partial charge in [0.25, 0.3) is 0 Å². The van der Waals surface area contributed by atoms with Gasteiger partial charge in [-0.1, -0.05) is 55.9 Å². The highest BCUT2D eigenvalue weighted by Gasteiger charge is 2.15. The number of aromatic nitrogens is 4. The zero-order valence-corrected chi connectivity index (χ0v) is 14.2. The second-order valence-corrected chi connectivity index (χ2v) is 6.81. The average molecular weight is 324 g/mol. The van der Waals surface area contributed by atoms with Crippen molar-refractivity contribution >= 4 is 11.8 Å². The quantitative estimate of drug-likeness (QED) is 0.639. The van der Waals surface area contributed by atoms with Gasteiger partial charge < -0.3 is 0 Å². The Morgan fingerprint density at radius 1 is 1.04 bits per heavy atom. The Morgan fingerprint density at radius 2 is 1.87 bits per heavy atom. The summed E-state index contributed by atoms with van der Waals surface area (Å²) in [4.78, 5) is 4.20. The topological polar surface area (TPSA) is 43.6 Å². The third-order valence-corrected chi connectivity index (χ3v) is 4.76. The molecule has 0 saturated heterocycles. The number of hydrogen-bond donors (Lipinski definition) is 0. The largest absolute Gasteiger partial charge is 0.298 e. The molecule has 0 atom stereocenters. The Hall–Kier alpha value is -2.14. The lowest BCUT2D eigenvalue weighted by atomic mass is 10.2. The van der Waals surface area contributed by atoms with Crippen LogP contribution >= 0.6 is 11.8 Å². The molecular formula is C18H20N4S. The fourth-order valence-electron chi connectivity index (χ4n) is 2.25. The van der Waals surface area contributed by atoms with Gasteiger partial charge in [-0.25, -0.2) is 0 Å². The van der Waals surface area contributed by atoms with Crippen LogP contribution in [0.25, 0.3) is 11.4 Å². The van der Waals surface area contributed by atoms with Crippen LogP contribution in [0.3, 0.4) is 0 Å². The molecular weight excluding hydrogens is 304 g/mol. The van der Waals surface area contributed by atoms with Crippen LogP contribution in [0, 0.1) is 5.92 Å². The second-order valence-electron chi connectivity index (χ2n) is 5.82. The van der Waals surface area contributed by atoms with Gasteiger partial charge in [0, 0.05) is 23.7 Å². The van der Waals surface area contributed by atoms with Crippen molar-refractivity contribution < 1.29 is 0 Å². The summed E-state index contributed by atoms with van der Waals surface area (Å²) in [7, 11) is 0. The van der Waals surface area contributed by atoms with Crippen molar-refractivity contribution in [3.8, 4) is 11.4 Å². The van der Waals surface area contributed by atoms with Gasteiger partial charge in [0.05, 0.1) is 6.54 Å². The SMILES string of the molecule is CC(C)CSc1nnc(-c2cccnc2)n1Cc1ccccc1. The van der Waals surface area contributed by atoms with Crippen LogP contribution in [0.15, 0.2) is 60.0 Å². The highest BCUT2D eigenvalue weighted by molar-refractivity contribution is 7.99. The first-order valence-electron chi connectivity index (χ1n) is 7.74. The van der Waals surface area contributed by atoms with E-state index in [0.29, 0.717) is 5.92 Å². The molecule has 3 aromatic rings. The van der Waals surface area contributed by atoms with Crippen LogP contribution in [-0.2, 0) is 6.54 Å². The molecule has 23 heavy (non-hydrogen) atoms. The predicted octanol–water partition coefficient (Wildman–Crippen LogP) is 4.14. The minimum atomic E-state index is 0.615. The normalized spacial score (nSPS) is 11.1. The van der Waals surface area contributed by atoms with E-state index in [1.165, 1.54) is 5.56 Å². The first kappa shape index (κ1) is 15.7. The van der Waals surface area contributed by atoms with Gasteiger partial charge in [0.15, 0.2) is 11.0 Å². The number of hydrogen-bond acceptors (Lipinski definition) is 4. The number of thioether (sulfide) groups is 1. The molecule has 2 aromatic heterocycles.